The lowest BCUT2D eigenvalue weighted by atomic mass is 10.1. The summed E-state index contributed by atoms with van der Waals surface area (Å²) in [4.78, 5) is 30.4. The summed E-state index contributed by atoms with van der Waals surface area (Å²) in [6.45, 7) is -1.31. The molecule has 1 aliphatic heterocycles. The van der Waals surface area contributed by atoms with Gasteiger partial charge in [-0.2, -0.15) is 13.2 Å². The molecular weight excluding hydrogens is 277 g/mol. The average Bonchev–Trinajstić information content (AvgIpc) is 2.95. The first-order chi connectivity index (χ1) is 9.35. The van der Waals surface area contributed by atoms with Crippen LogP contribution in [-0.2, 0) is 16.1 Å². The molecule has 2 heterocycles. The predicted octanol–water partition coefficient (Wildman–Crippen LogP) is 0.437. The Labute approximate surface area is 112 Å². The van der Waals surface area contributed by atoms with E-state index in [-0.39, 0.29) is 19.5 Å². The molecule has 0 saturated carbocycles. The molecule has 0 bridgehead atoms. The third-order valence-electron chi connectivity index (χ3n) is 2.96. The van der Waals surface area contributed by atoms with Crippen LogP contribution in [0, 0.1) is 5.92 Å². The third-order valence-corrected chi connectivity index (χ3v) is 2.96. The van der Waals surface area contributed by atoms with Gasteiger partial charge < -0.3 is 15.2 Å². The number of amides is 2. The van der Waals surface area contributed by atoms with Crippen LogP contribution in [0.4, 0.5) is 13.2 Å². The molecule has 0 radical (unpaired) electrons. The van der Waals surface area contributed by atoms with Crippen molar-refractivity contribution in [3.8, 4) is 0 Å². The minimum Gasteiger partial charge on any atom is -0.350 e. The molecule has 0 aliphatic carbocycles. The number of hydrogen-bond donors (Lipinski definition) is 2. The van der Waals surface area contributed by atoms with Gasteiger partial charge in [-0.1, -0.05) is 0 Å². The zero-order chi connectivity index (χ0) is 14.8. The Hall–Kier alpha value is -2.06. The van der Waals surface area contributed by atoms with Crippen molar-refractivity contribution >= 4 is 11.8 Å². The van der Waals surface area contributed by atoms with Gasteiger partial charge in [0.2, 0.25) is 11.8 Å². The maximum Gasteiger partial charge on any atom is 0.406 e. The van der Waals surface area contributed by atoms with Crippen LogP contribution in [0.5, 0.6) is 0 Å². The fourth-order valence-electron chi connectivity index (χ4n) is 2.03. The molecule has 1 unspecified atom stereocenters. The highest BCUT2D eigenvalue weighted by atomic mass is 19.4. The fraction of sp³-hybridized carbons (Fsp3) is 0.545. The molecule has 1 saturated heterocycles. The molecule has 1 atom stereocenters. The topological polar surface area (TPSA) is 78.1 Å². The number of alkyl halides is 3. The van der Waals surface area contributed by atoms with Crippen molar-refractivity contribution in [3.05, 3.63) is 18.2 Å². The molecule has 2 rings (SSSR count). The maximum absolute atomic E-state index is 12.2. The largest absolute Gasteiger partial charge is 0.406 e. The van der Waals surface area contributed by atoms with Crippen LogP contribution < -0.4 is 5.32 Å². The molecule has 1 aromatic rings. The zero-order valence-corrected chi connectivity index (χ0v) is 10.4. The summed E-state index contributed by atoms with van der Waals surface area (Å²) in [7, 11) is 0. The van der Waals surface area contributed by atoms with Crippen molar-refractivity contribution in [1.29, 1.82) is 0 Å². The number of H-pyrrole nitrogens is 1. The molecule has 9 heteroatoms. The Morgan fingerprint density at radius 1 is 1.55 bits per heavy atom. The second kappa shape index (κ2) is 5.51. The van der Waals surface area contributed by atoms with Crippen molar-refractivity contribution in [3.63, 3.8) is 0 Å². The zero-order valence-electron chi connectivity index (χ0n) is 10.4. The standard InChI is InChI=1S/C11H13F3N4O2/c12-11(13,14)5-18-4-7(1-9(18)19)10(20)16-3-8-2-15-6-17-8/h2,6-7H,1,3-5H2,(H,15,17)(H,16,20). The molecule has 110 valence electrons. The minimum absolute atomic E-state index is 0.190. The fourth-order valence-corrected chi connectivity index (χ4v) is 2.03. The molecule has 1 aromatic heterocycles. The number of aromatic amines is 1. The molecule has 1 aliphatic rings. The van der Waals surface area contributed by atoms with E-state index in [2.05, 4.69) is 15.3 Å². The van der Waals surface area contributed by atoms with Crippen LogP contribution in [0.15, 0.2) is 12.5 Å². The maximum atomic E-state index is 12.2. The van der Waals surface area contributed by atoms with Gasteiger partial charge >= 0.3 is 6.18 Å². The van der Waals surface area contributed by atoms with Crippen LogP contribution in [0.2, 0.25) is 0 Å². The number of nitrogens with zero attached hydrogens (tertiary/aromatic N) is 2. The Balaban J connectivity index is 1.84. The number of carbonyl (C=O) groups excluding carboxylic acids is 2. The van der Waals surface area contributed by atoms with E-state index in [1.54, 1.807) is 0 Å². The SMILES string of the molecule is O=C(NCc1cnc[nH]1)C1CC(=O)N(CC(F)(F)F)C1. The number of aromatic nitrogens is 2. The first-order valence-electron chi connectivity index (χ1n) is 5.94. The van der Waals surface area contributed by atoms with Crippen LogP contribution >= 0.6 is 0 Å². The van der Waals surface area contributed by atoms with E-state index in [0.717, 1.165) is 0 Å². The predicted molar refractivity (Wildman–Crippen MR) is 61.2 cm³/mol. The first-order valence-corrected chi connectivity index (χ1v) is 5.94. The molecular formula is C11H13F3N4O2. The van der Waals surface area contributed by atoms with Crippen LogP contribution in [-0.4, -0.2) is 45.9 Å². The summed E-state index contributed by atoms with van der Waals surface area (Å²) in [5.74, 6) is -1.82. The highest BCUT2D eigenvalue weighted by Crippen LogP contribution is 2.23. The van der Waals surface area contributed by atoms with Crippen molar-refractivity contribution in [2.45, 2.75) is 19.1 Å². The second-order valence-electron chi connectivity index (χ2n) is 4.59. The number of hydrogen-bond acceptors (Lipinski definition) is 3. The van der Waals surface area contributed by atoms with E-state index in [4.69, 9.17) is 0 Å². The van der Waals surface area contributed by atoms with Gasteiger partial charge in [0.15, 0.2) is 0 Å². The molecule has 0 spiro atoms. The Morgan fingerprint density at radius 3 is 2.90 bits per heavy atom. The lowest BCUT2D eigenvalue weighted by molar-refractivity contribution is -0.157. The second-order valence-corrected chi connectivity index (χ2v) is 4.59. The number of likely N-dealkylation sites (tertiary alicyclic amines) is 1. The first kappa shape index (κ1) is 14.4. The van der Waals surface area contributed by atoms with Crippen molar-refractivity contribution < 1.29 is 22.8 Å². The van der Waals surface area contributed by atoms with Gasteiger partial charge in [0.25, 0.3) is 0 Å². The monoisotopic (exact) mass is 290 g/mol. The molecule has 2 amide bonds. The Kier molecular flexibility index (Phi) is 3.96. The normalized spacial score (nSPS) is 19.4. The van der Waals surface area contributed by atoms with Crippen LogP contribution in [0.3, 0.4) is 0 Å². The summed E-state index contributed by atoms with van der Waals surface area (Å²) in [6, 6.07) is 0. The highest BCUT2D eigenvalue weighted by molar-refractivity contribution is 5.89. The van der Waals surface area contributed by atoms with Crippen molar-refractivity contribution in [1.82, 2.24) is 20.2 Å². The summed E-state index contributed by atoms with van der Waals surface area (Å²) < 4.78 is 36.7. The third kappa shape index (κ3) is 3.72. The molecule has 6 nitrogen and oxygen atoms in total. The van der Waals surface area contributed by atoms with Gasteiger partial charge in [0, 0.05) is 19.2 Å². The average molecular weight is 290 g/mol. The summed E-state index contributed by atoms with van der Waals surface area (Å²) in [5.41, 5.74) is 0.676. The van der Waals surface area contributed by atoms with Gasteiger partial charge in [0.05, 0.1) is 24.5 Å². The summed E-state index contributed by atoms with van der Waals surface area (Å²) in [6.07, 6.45) is -1.66. The van der Waals surface area contributed by atoms with E-state index < -0.39 is 30.5 Å². The van der Waals surface area contributed by atoms with E-state index >= 15 is 0 Å². The minimum atomic E-state index is -4.45. The number of imidazole rings is 1. The van der Waals surface area contributed by atoms with Gasteiger partial charge in [0.1, 0.15) is 6.54 Å². The number of rotatable bonds is 4. The van der Waals surface area contributed by atoms with E-state index in [0.29, 0.717) is 10.6 Å². The molecule has 1 fully saturated rings. The van der Waals surface area contributed by atoms with Gasteiger partial charge in [-0.05, 0) is 0 Å². The summed E-state index contributed by atoms with van der Waals surface area (Å²) >= 11 is 0. The van der Waals surface area contributed by atoms with E-state index in [1.807, 2.05) is 0 Å². The Morgan fingerprint density at radius 2 is 2.30 bits per heavy atom. The smallest absolute Gasteiger partial charge is 0.350 e. The molecule has 2 N–H and O–H groups in total. The lowest BCUT2D eigenvalue weighted by Gasteiger charge is -2.18. The highest BCUT2D eigenvalue weighted by Gasteiger charge is 2.40. The number of halogens is 3. The van der Waals surface area contributed by atoms with E-state index in [9.17, 15) is 22.8 Å². The van der Waals surface area contributed by atoms with Crippen molar-refractivity contribution in [2.24, 2.45) is 5.92 Å². The molecule has 20 heavy (non-hydrogen) atoms. The van der Waals surface area contributed by atoms with Gasteiger partial charge in [-0.25, -0.2) is 4.98 Å². The number of carbonyl (C=O) groups is 2. The van der Waals surface area contributed by atoms with Gasteiger partial charge in [-0.15, -0.1) is 0 Å². The van der Waals surface area contributed by atoms with E-state index in [1.165, 1.54) is 12.5 Å². The van der Waals surface area contributed by atoms with Crippen LogP contribution in [0.25, 0.3) is 0 Å². The van der Waals surface area contributed by atoms with Crippen molar-refractivity contribution in [2.75, 3.05) is 13.1 Å². The lowest BCUT2D eigenvalue weighted by Crippen LogP contribution is -2.37. The Bertz CT molecular complexity index is 486. The van der Waals surface area contributed by atoms with Gasteiger partial charge in [-0.3, -0.25) is 9.59 Å². The quantitative estimate of drug-likeness (QED) is 0.844. The number of nitrogens with one attached hydrogen (secondary N) is 2. The molecule has 0 aromatic carbocycles. The summed E-state index contributed by atoms with van der Waals surface area (Å²) in [5, 5.41) is 2.56. The van der Waals surface area contributed by atoms with Crippen LogP contribution in [0.1, 0.15) is 12.1 Å².